The molecule has 5 nitrogen and oxygen atoms in total. The minimum Gasteiger partial charge on any atom is -0.497 e. The van der Waals surface area contributed by atoms with Gasteiger partial charge in [-0.25, -0.2) is 0 Å². The number of nitrogens with zero attached hydrogens (tertiary/aromatic N) is 1. The number of nitrogens with one attached hydrogen (secondary N) is 1. The first-order valence-electron chi connectivity index (χ1n) is 9.32. The Morgan fingerprint density at radius 1 is 1.15 bits per heavy atom. The van der Waals surface area contributed by atoms with Crippen LogP contribution in [0.5, 0.6) is 11.5 Å². The molecule has 2 aromatic carbocycles. The van der Waals surface area contributed by atoms with Crippen molar-refractivity contribution in [1.29, 1.82) is 0 Å². The van der Waals surface area contributed by atoms with Crippen molar-refractivity contribution in [3.05, 3.63) is 59.2 Å². The second kappa shape index (κ2) is 10.6. The summed E-state index contributed by atoms with van der Waals surface area (Å²) in [5, 5.41) is 2.93. The van der Waals surface area contributed by atoms with Gasteiger partial charge in [0.2, 0.25) is 5.91 Å². The highest BCUT2D eigenvalue weighted by molar-refractivity contribution is 5.76. The summed E-state index contributed by atoms with van der Waals surface area (Å²) >= 11 is 0. The molecule has 5 heteroatoms. The predicted octanol–water partition coefficient (Wildman–Crippen LogP) is 3.54. The van der Waals surface area contributed by atoms with E-state index in [-0.39, 0.29) is 5.91 Å². The van der Waals surface area contributed by atoms with Crippen LogP contribution in [0, 0.1) is 6.92 Å². The lowest BCUT2D eigenvalue weighted by atomic mass is 10.1. The molecule has 0 saturated heterocycles. The molecule has 1 amide bonds. The van der Waals surface area contributed by atoms with Gasteiger partial charge in [-0.1, -0.05) is 42.8 Å². The first-order valence-corrected chi connectivity index (χ1v) is 9.32. The number of amides is 1. The Hall–Kier alpha value is -2.53. The smallest absolute Gasteiger partial charge is 0.223 e. The van der Waals surface area contributed by atoms with E-state index >= 15 is 0 Å². The van der Waals surface area contributed by atoms with E-state index in [1.165, 1.54) is 5.56 Å². The molecule has 0 aliphatic rings. The highest BCUT2D eigenvalue weighted by atomic mass is 16.5. The first-order chi connectivity index (χ1) is 13.0. The summed E-state index contributed by atoms with van der Waals surface area (Å²) in [6.07, 6.45) is 0.312. The fraction of sp³-hybridized carbons (Fsp3) is 0.409. The van der Waals surface area contributed by atoms with E-state index in [9.17, 15) is 4.79 Å². The maximum absolute atomic E-state index is 12.1. The number of methoxy groups -OCH3 is 1. The van der Waals surface area contributed by atoms with E-state index in [1.807, 2.05) is 49.4 Å². The Bertz CT molecular complexity index is 729. The van der Waals surface area contributed by atoms with Gasteiger partial charge in [0.25, 0.3) is 0 Å². The number of benzene rings is 2. The zero-order valence-corrected chi connectivity index (χ0v) is 16.7. The zero-order valence-electron chi connectivity index (χ0n) is 16.7. The largest absolute Gasteiger partial charge is 0.497 e. The first kappa shape index (κ1) is 20.8. The Balaban J connectivity index is 1.85. The van der Waals surface area contributed by atoms with Crippen LogP contribution in [-0.4, -0.2) is 38.1 Å². The van der Waals surface area contributed by atoms with Crippen molar-refractivity contribution in [2.75, 3.05) is 27.3 Å². The van der Waals surface area contributed by atoms with E-state index < -0.39 is 0 Å². The van der Waals surface area contributed by atoms with E-state index in [1.54, 1.807) is 7.11 Å². The summed E-state index contributed by atoms with van der Waals surface area (Å²) < 4.78 is 11.2. The molecular formula is C22H30N2O3. The molecule has 2 rings (SSSR count). The number of hydrogen-bond acceptors (Lipinski definition) is 4. The lowest BCUT2D eigenvalue weighted by molar-refractivity contribution is -0.121. The van der Waals surface area contributed by atoms with Crippen molar-refractivity contribution < 1.29 is 14.3 Å². The Morgan fingerprint density at radius 2 is 1.89 bits per heavy atom. The van der Waals surface area contributed by atoms with Crippen molar-refractivity contribution in [3.63, 3.8) is 0 Å². The van der Waals surface area contributed by atoms with Crippen molar-refractivity contribution in [2.24, 2.45) is 0 Å². The number of aryl methyl sites for hydroxylation is 1. The van der Waals surface area contributed by atoms with Gasteiger partial charge in [-0.2, -0.15) is 0 Å². The molecular weight excluding hydrogens is 340 g/mol. The van der Waals surface area contributed by atoms with E-state index in [0.29, 0.717) is 19.6 Å². The monoisotopic (exact) mass is 370 g/mol. The molecule has 0 heterocycles. The molecule has 1 N–H and O–H groups in total. The summed E-state index contributed by atoms with van der Waals surface area (Å²) in [7, 11) is 3.70. The molecule has 0 bridgehead atoms. The van der Waals surface area contributed by atoms with Crippen LogP contribution in [-0.2, 0) is 17.9 Å². The number of ether oxygens (including phenoxy) is 2. The molecule has 0 fully saturated rings. The summed E-state index contributed by atoms with van der Waals surface area (Å²) in [5.41, 5.74) is 3.38. The maximum Gasteiger partial charge on any atom is 0.223 e. The molecule has 0 saturated carbocycles. The topological polar surface area (TPSA) is 50.8 Å². The maximum atomic E-state index is 12.1. The molecule has 0 aromatic heterocycles. The Morgan fingerprint density at radius 3 is 2.56 bits per heavy atom. The number of hydrogen-bond donors (Lipinski definition) is 1. The van der Waals surface area contributed by atoms with Crippen LogP contribution in [0.1, 0.15) is 30.0 Å². The van der Waals surface area contributed by atoms with Gasteiger partial charge in [0, 0.05) is 24.7 Å². The van der Waals surface area contributed by atoms with Gasteiger partial charge in [0.15, 0.2) is 0 Å². The van der Waals surface area contributed by atoms with Gasteiger partial charge in [0.1, 0.15) is 11.5 Å². The van der Waals surface area contributed by atoms with Crippen molar-refractivity contribution in [2.45, 2.75) is 33.4 Å². The molecule has 0 unspecified atom stereocenters. The third-order valence-electron chi connectivity index (χ3n) is 4.45. The molecule has 0 radical (unpaired) electrons. The number of carbonyl (C=O) groups excluding carboxylic acids is 1. The van der Waals surface area contributed by atoms with Crippen LogP contribution < -0.4 is 14.8 Å². The fourth-order valence-corrected chi connectivity index (χ4v) is 2.58. The van der Waals surface area contributed by atoms with Crippen LogP contribution in [0.4, 0.5) is 0 Å². The van der Waals surface area contributed by atoms with E-state index in [4.69, 9.17) is 9.47 Å². The molecule has 27 heavy (non-hydrogen) atoms. The Labute approximate surface area is 162 Å². The fourth-order valence-electron chi connectivity index (χ4n) is 2.58. The number of rotatable bonds is 10. The van der Waals surface area contributed by atoms with Crippen LogP contribution >= 0.6 is 0 Å². The minimum atomic E-state index is -0.0225. The quantitative estimate of drug-likeness (QED) is 0.695. The number of carbonyl (C=O) groups is 1. The summed E-state index contributed by atoms with van der Waals surface area (Å²) in [6, 6.07) is 14.0. The van der Waals surface area contributed by atoms with Crippen molar-refractivity contribution in [3.8, 4) is 11.5 Å². The molecule has 0 atom stereocenters. The second-order valence-electron chi connectivity index (χ2n) is 6.66. The molecule has 146 valence electrons. The third-order valence-corrected chi connectivity index (χ3v) is 4.45. The zero-order chi connectivity index (χ0) is 19.6. The van der Waals surface area contributed by atoms with E-state index in [0.717, 1.165) is 35.7 Å². The molecule has 2 aromatic rings. The minimum absolute atomic E-state index is 0.0225. The summed E-state index contributed by atoms with van der Waals surface area (Å²) in [5.74, 6) is 1.49. The van der Waals surface area contributed by atoms with Gasteiger partial charge in [-0.3, -0.25) is 4.79 Å². The van der Waals surface area contributed by atoms with Gasteiger partial charge in [-0.15, -0.1) is 0 Å². The van der Waals surface area contributed by atoms with Crippen LogP contribution in [0.3, 0.4) is 0 Å². The average molecular weight is 370 g/mol. The van der Waals surface area contributed by atoms with Gasteiger partial charge in [-0.05, 0) is 32.1 Å². The van der Waals surface area contributed by atoms with Gasteiger partial charge < -0.3 is 19.7 Å². The lowest BCUT2D eigenvalue weighted by Crippen LogP contribution is -2.24. The van der Waals surface area contributed by atoms with Crippen molar-refractivity contribution >= 4 is 5.91 Å². The van der Waals surface area contributed by atoms with Crippen molar-refractivity contribution in [1.82, 2.24) is 10.2 Å². The average Bonchev–Trinajstić information content (AvgIpc) is 2.68. The predicted molar refractivity (Wildman–Crippen MR) is 108 cm³/mol. The summed E-state index contributed by atoms with van der Waals surface area (Å²) in [4.78, 5) is 14.3. The van der Waals surface area contributed by atoms with Crippen LogP contribution in [0.2, 0.25) is 0 Å². The normalized spacial score (nSPS) is 10.7. The standard InChI is InChI=1S/C22H30N2O3/c1-5-24(3)16-19-10-11-20(26-4)14-21(19)27-13-12-22(25)23-15-18-8-6-17(2)7-9-18/h6-11,14H,5,12-13,15-16H2,1-4H3,(H,23,25). The van der Waals surface area contributed by atoms with E-state index in [2.05, 4.69) is 24.2 Å². The van der Waals surface area contributed by atoms with Gasteiger partial charge >= 0.3 is 0 Å². The van der Waals surface area contributed by atoms with Crippen LogP contribution in [0.15, 0.2) is 42.5 Å². The molecule has 0 spiro atoms. The highest BCUT2D eigenvalue weighted by Crippen LogP contribution is 2.26. The second-order valence-corrected chi connectivity index (χ2v) is 6.66. The summed E-state index contributed by atoms with van der Waals surface area (Å²) in [6.45, 7) is 6.76. The van der Waals surface area contributed by atoms with Gasteiger partial charge in [0.05, 0.1) is 20.1 Å². The molecule has 0 aliphatic heterocycles. The lowest BCUT2D eigenvalue weighted by Gasteiger charge is -2.18. The SMILES string of the molecule is CCN(C)Cc1ccc(OC)cc1OCCC(=O)NCc1ccc(C)cc1. The highest BCUT2D eigenvalue weighted by Gasteiger charge is 2.09. The third kappa shape index (κ3) is 6.94. The Kier molecular flexibility index (Phi) is 8.14. The van der Waals surface area contributed by atoms with Crippen LogP contribution in [0.25, 0.3) is 0 Å². The molecule has 0 aliphatic carbocycles.